The number of nitrogens with zero attached hydrogens (tertiary/aromatic N) is 2. The molecule has 0 unspecified atom stereocenters. The fourth-order valence-corrected chi connectivity index (χ4v) is 2.80. The van der Waals surface area contributed by atoms with Gasteiger partial charge in [-0.3, -0.25) is 9.78 Å². The minimum Gasteiger partial charge on any atom is -0.493 e. The van der Waals surface area contributed by atoms with Gasteiger partial charge in [0.25, 0.3) is 5.91 Å². The fourth-order valence-electron chi connectivity index (χ4n) is 2.80. The predicted octanol–water partition coefficient (Wildman–Crippen LogP) is 3.08. The monoisotopic (exact) mass is 392 g/mol. The number of carbonyl (C=O) groups excluding carboxylic acids is 1. The van der Waals surface area contributed by atoms with Crippen LogP contribution in [0.25, 0.3) is 0 Å². The molecule has 0 bridgehead atoms. The number of rotatable bonds is 9. The Labute approximate surface area is 170 Å². The van der Waals surface area contributed by atoms with E-state index in [9.17, 15) is 4.79 Å². The molecule has 150 valence electrons. The number of pyridine rings is 2. The molecule has 0 aliphatic heterocycles. The number of hydrogen-bond acceptors (Lipinski definition) is 6. The summed E-state index contributed by atoms with van der Waals surface area (Å²) in [5, 5.41) is 6.14. The summed E-state index contributed by atoms with van der Waals surface area (Å²) in [7, 11) is 3.24. The lowest BCUT2D eigenvalue weighted by Crippen LogP contribution is -2.23. The van der Waals surface area contributed by atoms with Gasteiger partial charge in [0, 0.05) is 25.5 Å². The second-order valence-corrected chi connectivity index (χ2v) is 6.34. The Hall–Kier alpha value is -3.61. The molecule has 2 N–H and O–H groups in total. The van der Waals surface area contributed by atoms with Gasteiger partial charge < -0.3 is 20.1 Å². The van der Waals surface area contributed by atoms with Gasteiger partial charge in [-0.15, -0.1) is 0 Å². The Balaban J connectivity index is 1.48. The quantitative estimate of drug-likeness (QED) is 0.582. The summed E-state index contributed by atoms with van der Waals surface area (Å²) in [5.41, 5.74) is 3.30. The van der Waals surface area contributed by atoms with Gasteiger partial charge in [-0.05, 0) is 47.9 Å². The lowest BCUT2D eigenvalue weighted by Gasteiger charge is -2.11. The summed E-state index contributed by atoms with van der Waals surface area (Å²) in [6, 6.07) is 13.2. The van der Waals surface area contributed by atoms with Gasteiger partial charge in [-0.1, -0.05) is 12.1 Å². The van der Waals surface area contributed by atoms with Crippen molar-refractivity contribution >= 4 is 11.6 Å². The number of anilines is 1. The number of carbonyl (C=O) groups is 1. The van der Waals surface area contributed by atoms with Crippen molar-refractivity contribution in [2.75, 3.05) is 26.1 Å². The number of aromatic nitrogens is 2. The highest BCUT2D eigenvalue weighted by Crippen LogP contribution is 2.27. The highest BCUT2D eigenvalue weighted by molar-refractivity contribution is 5.92. The molecule has 2 aromatic heterocycles. The Kier molecular flexibility index (Phi) is 7.00. The molecule has 29 heavy (non-hydrogen) atoms. The van der Waals surface area contributed by atoms with Gasteiger partial charge in [-0.2, -0.15) is 0 Å². The van der Waals surface area contributed by atoms with Gasteiger partial charge in [0.1, 0.15) is 5.69 Å². The van der Waals surface area contributed by atoms with Crippen molar-refractivity contribution in [1.29, 1.82) is 0 Å². The second kappa shape index (κ2) is 10.1. The fraction of sp³-hybridized carbons (Fsp3) is 0.227. The molecule has 1 amide bonds. The van der Waals surface area contributed by atoms with Crippen LogP contribution in [0.4, 0.5) is 5.69 Å². The van der Waals surface area contributed by atoms with Crippen molar-refractivity contribution in [3.63, 3.8) is 0 Å². The summed E-state index contributed by atoms with van der Waals surface area (Å²) in [6.45, 7) is 1.14. The van der Waals surface area contributed by atoms with Gasteiger partial charge in [0.05, 0.1) is 26.1 Å². The van der Waals surface area contributed by atoms with Crippen molar-refractivity contribution in [2.45, 2.75) is 13.0 Å². The van der Waals surface area contributed by atoms with Crippen LogP contribution in [0, 0.1) is 0 Å². The minimum atomic E-state index is -0.217. The molecule has 7 nitrogen and oxygen atoms in total. The lowest BCUT2D eigenvalue weighted by atomic mass is 10.1. The predicted molar refractivity (Wildman–Crippen MR) is 111 cm³/mol. The van der Waals surface area contributed by atoms with E-state index in [-0.39, 0.29) is 5.91 Å². The first-order chi connectivity index (χ1) is 14.2. The molecule has 0 saturated carbocycles. The Morgan fingerprint density at radius 2 is 1.86 bits per heavy atom. The van der Waals surface area contributed by atoms with Crippen LogP contribution in [0.15, 0.2) is 61.1 Å². The molecule has 0 aliphatic carbocycles. The first-order valence-corrected chi connectivity index (χ1v) is 9.27. The van der Waals surface area contributed by atoms with Crippen LogP contribution in [0.1, 0.15) is 21.6 Å². The molecule has 3 aromatic rings. The summed E-state index contributed by atoms with van der Waals surface area (Å²) in [4.78, 5) is 20.5. The van der Waals surface area contributed by atoms with Crippen LogP contribution in [0.3, 0.4) is 0 Å². The third-order valence-electron chi connectivity index (χ3n) is 4.36. The van der Waals surface area contributed by atoms with Crippen LogP contribution in [-0.4, -0.2) is 36.6 Å². The molecule has 0 radical (unpaired) electrons. The number of amides is 1. The minimum absolute atomic E-state index is 0.217. The van der Waals surface area contributed by atoms with Crippen molar-refractivity contribution in [2.24, 2.45) is 0 Å². The van der Waals surface area contributed by atoms with E-state index >= 15 is 0 Å². The first kappa shape index (κ1) is 20.1. The molecular weight excluding hydrogens is 368 g/mol. The smallest absolute Gasteiger partial charge is 0.270 e. The van der Waals surface area contributed by atoms with Crippen LogP contribution in [0.5, 0.6) is 11.5 Å². The SMILES string of the molecule is COc1ccc(CCNc2ccc(C(=O)NCc3cccnc3)nc2)cc1OC. The number of benzene rings is 1. The normalized spacial score (nSPS) is 10.3. The molecule has 2 heterocycles. The summed E-state index contributed by atoms with van der Waals surface area (Å²) < 4.78 is 10.6. The number of ether oxygens (including phenoxy) is 2. The largest absolute Gasteiger partial charge is 0.493 e. The molecule has 0 atom stereocenters. The molecule has 7 heteroatoms. The van der Waals surface area contributed by atoms with Gasteiger partial charge in [0.15, 0.2) is 11.5 Å². The topological polar surface area (TPSA) is 85.4 Å². The lowest BCUT2D eigenvalue weighted by molar-refractivity contribution is 0.0946. The maximum absolute atomic E-state index is 12.2. The van der Waals surface area contributed by atoms with Crippen molar-refractivity contribution in [1.82, 2.24) is 15.3 Å². The number of methoxy groups -OCH3 is 2. The maximum Gasteiger partial charge on any atom is 0.270 e. The molecule has 1 aromatic carbocycles. The molecule has 0 aliphatic rings. The zero-order chi connectivity index (χ0) is 20.5. The summed E-state index contributed by atoms with van der Waals surface area (Å²) in [5.74, 6) is 1.21. The molecule has 0 saturated heterocycles. The van der Waals surface area contributed by atoms with Crippen molar-refractivity contribution in [3.05, 3.63) is 77.9 Å². The van der Waals surface area contributed by atoms with Crippen molar-refractivity contribution < 1.29 is 14.3 Å². The van der Waals surface area contributed by atoms with Gasteiger partial charge in [0.2, 0.25) is 0 Å². The van der Waals surface area contributed by atoms with E-state index in [1.165, 1.54) is 0 Å². The van der Waals surface area contributed by atoms with Crippen LogP contribution < -0.4 is 20.1 Å². The average Bonchev–Trinajstić information content (AvgIpc) is 2.78. The first-order valence-electron chi connectivity index (χ1n) is 9.27. The van der Waals surface area contributed by atoms with Crippen LogP contribution in [-0.2, 0) is 13.0 Å². The zero-order valence-corrected chi connectivity index (χ0v) is 16.5. The van der Waals surface area contributed by atoms with E-state index < -0.39 is 0 Å². The zero-order valence-electron chi connectivity index (χ0n) is 16.5. The van der Waals surface area contributed by atoms with Crippen LogP contribution in [0.2, 0.25) is 0 Å². The maximum atomic E-state index is 12.2. The number of hydrogen-bond donors (Lipinski definition) is 2. The molecule has 3 rings (SSSR count). The van der Waals surface area contributed by atoms with Gasteiger partial charge in [-0.25, -0.2) is 4.98 Å². The second-order valence-electron chi connectivity index (χ2n) is 6.34. The van der Waals surface area contributed by atoms with E-state index in [4.69, 9.17) is 9.47 Å². The third-order valence-corrected chi connectivity index (χ3v) is 4.36. The number of nitrogens with one attached hydrogen (secondary N) is 2. The van der Waals surface area contributed by atoms with Gasteiger partial charge >= 0.3 is 0 Å². The van der Waals surface area contributed by atoms with E-state index in [0.29, 0.717) is 23.7 Å². The van der Waals surface area contributed by atoms with E-state index in [1.807, 2.05) is 36.4 Å². The Morgan fingerprint density at radius 1 is 1.00 bits per heavy atom. The molecule has 0 spiro atoms. The average molecular weight is 392 g/mol. The summed E-state index contributed by atoms with van der Waals surface area (Å²) >= 11 is 0. The van der Waals surface area contributed by atoms with E-state index in [0.717, 1.165) is 29.8 Å². The third kappa shape index (κ3) is 5.68. The molecular formula is C22H24N4O3. The molecule has 0 fully saturated rings. The van der Waals surface area contributed by atoms with Crippen molar-refractivity contribution in [3.8, 4) is 11.5 Å². The Bertz CT molecular complexity index is 931. The van der Waals surface area contributed by atoms with Crippen LogP contribution >= 0.6 is 0 Å². The highest BCUT2D eigenvalue weighted by Gasteiger charge is 2.07. The highest BCUT2D eigenvalue weighted by atomic mass is 16.5. The van der Waals surface area contributed by atoms with E-state index in [2.05, 4.69) is 20.6 Å². The summed E-state index contributed by atoms with van der Waals surface area (Å²) in [6.07, 6.45) is 5.89. The Morgan fingerprint density at radius 3 is 2.55 bits per heavy atom. The van der Waals surface area contributed by atoms with E-state index in [1.54, 1.807) is 38.9 Å². The standard InChI is InChI=1S/C22H24N4O3/c1-28-20-8-5-16(12-21(20)29-2)9-11-24-18-6-7-19(25-15-18)22(27)26-14-17-4-3-10-23-13-17/h3-8,10,12-13,15,24H,9,11,14H2,1-2H3,(H,26,27).